The third kappa shape index (κ3) is 2.89. The molecular formula is C15H29NO2. The largest absolute Gasteiger partial charge is 0.378 e. The van der Waals surface area contributed by atoms with Crippen LogP contribution in [-0.4, -0.2) is 38.0 Å². The molecule has 1 N–H and O–H groups in total. The summed E-state index contributed by atoms with van der Waals surface area (Å²) in [6.45, 7) is 9.52. The molecule has 106 valence electrons. The Bertz CT molecular complexity index is 253. The Hall–Kier alpha value is -0.120. The van der Waals surface area contributed by atoms with Crippen molar-refractivity contribution in [1.82, 2.24) is 5.32 Å². The molecule has 1 heterocycles. The molecule has 1 aliphatic carbocycles. The van der Waals surface area contributed by atoms with Crippen LogP contribution in [0, 0.1) is 5.41 Å². The molecule has 0 amide bonds. The summed E-state index contributed by atoms with van der Waals surface area (Å²) in [6, 6.07) is 0.601. The Balaban J connectivity index is 1.76. The average molecular weight is 255 g/mol. The monoisotopic (exact) mass is 255 g/mol. The van der Waals surface area contributed by atoms with Crippen molar-refractivity contribution < 1.29 is 9.47 Å². The first kappa shape index (κ1) is 14.3. The molecule has 3 nitrogen and oxygen atoms in total. The second-order valence-electron chi connectivity index (χ2n) is 5.99. The molecule has 4 atom stereocenters. The standard InChI is InChI=1S/C15H29NO2/c1-4-15(3)13(10-14(15)17-5-2)16-11-12-8-6-7-9-18-12/h12-14,16H,4-11H2,1-3H3. The van der Waals surface area contributed by atoms with E-state index in [1.807, 2.05) is 0 Å². The van der Waals surface area contributed by atoms with Crippen LogP contribution in [0.15, 0.2) is 0 Å². The van der Waals surface area contributed by atoms with E-state index in [1.165, 1.54) is 25.7 Å². The van der Waals surface area contributed by atoms with Crippen LogP contribution in [0.3, 0.4) is 0 Å². The molecular weight excluding hydrogens is 226 g/mol. The smallest absolute Gasteiger partial charge is 0.0699 e. The van der Waals surface area contributed by atoms with E-state index in [0.717, 1.165) is 26.2 Å². The van der Waals surface area contributed by atoms with Crippen molar-refractivity contribution in [3.63, 3.8) is 0 Å². The Labute approximate surface area is 112 Å². The fourth-order valence-corrected chi connectivity index (χ4v) is 3.31. The second kappa shape index (κ2) is 6.36. The van der Waals surface area contributed by atoms with E-state index in [0.29, 0.717) is 23.7 Å². The minimum Gasteiger partial charge on any atom is -0.378 e. The normalized spacial score (nSPS) is 40.5. The maximum Gasteiger partial charge on any atom is 0.0699 e. The SMILES string of the molecule is CCOC1CC(NCC2CCCCO2)C1(C)CC. The lowest BCUT2D eigenvalue weighted by molar-refractivity contribution is -0.128. The molecule has 0 spiro atoms. The highest BCUT2D eigenvalue weighted by molar-refractivity contribution is 5.04. The van der Waals surface area contributed by atoms with Gasteiger partial charge in [0.15, 0.2) is 0 Å². The van der Waals surface area contributed by atoms with Gasteiger partial charge in [-0.2, -0.15) is 0 Å². The van der Waals surface area contributed by atoms with Gasteiger partial charge in [0, 0.05) is 31.2 Å². The lowest BCUT2D eigenvalue weighted by Crippen LogP contribution is -2.63. The fourth-order valence-electron chi connectivity index (χ4n) is 3.31. The molecule has 1 aliphatic heterocycles. The van der Waals surface area contributed by atoms with E-state index < -0.39 is 0 Å². The van der Waals surface area contributed by atoms with Crippen LogP contribution in [0.2, 0.25) is 0 Å². The van der Waals surface area contributed by atoms with E-state index in [4.69, 9.17) is 9.47 Å². The summed E-state index contributed by atoms with van der Waals surface area (Å²) in [6.07, 6.45) is 6.99. The molecule has 4 unspecified atom stereocenters. The first-order valence-corrected chi connectivity index (χ1v) is 7.67. The third-order valence-corrected chi connectivity index (χ3v) is 4.98. The average Bonchev–Trinajstić information content (AvgIpc) is 2.42. The van der Waals surface area contributed by atoms with Gasteiger partial charge in [-0.25, -0.2) is 0 Å². The zero-order valence-electron chi connectivity index (χ0n) is 12.2. The molecule has 2 rings (SSSR count). The van der Waals surface area contributed by atoms with Gasteiger partial charge in [0.05, 0.1) is 12.2 Å². The highest BCUT2D eigenvalue weighted by atomic mass is 16.5. The van der Waals surface area contributed by atoms with Crippen molar-refractivity contribution in [3.8, 4) is 0 Å². The molecule has 0 aromatic rings. The van der Waals surface area contributed by atoms with Gasteiger partial charge in [-0.1, -0.05) is 13.8 Å². The molecule has 2 aliphatic rings. The Morgan fingerprint density at radius 1 is 1.33 bits per heavy atom. The Morgan fingerprint density at radius 2 is 2.17 bits per heavy atom. The van der Waals surface area contributed by atoms with Crippen molar-refractivity contribution >= 4 is 0 Å². The lowest BCUT2D eigenvalue weighted by Gasteiger charge is -2.54. The first-order chi connectivity index (χ1) is 8.70. The van der Waals surface area contributed by atoms with Crippen LogP contribution in [0.25, 0.3) is 0 Å². The quantitative estimate of drug-likeness (QED) is 0.791. The molecule has 18 heavy (non-hydrogen) atoms. The zero-order valence-corrected chi connectivity index (χ0v) is 12.2. The maximum absolute atomic E-state index is 5.84. The lowest BCUT2D eigenvalue weighted by atomic mass is 9.61. The fraction of sp³-hybridized carbons (Fsp3) is 1.00. The van der Waals surface area contributed by atoms with Crippen LogP contribution in [-0.2, 0) is 9.47 Å². The van der Waals surface area contributed by atoms with Gasteiger partial charge in [-0.3, -0.25) is 0 Å². The summed E-state index contributed by atoms with van der Waals surface area (Å²) in [4.78, 5) is 0. The summed E-state index contributed by atoms with van der Waals surface area (Å²) < 4.78 is 11.6. The Morgan fingerprint density at radius 3 is 2.78 bits per heavy atom. The van der Waals surface area contributed by atoms with Crippen LogP contribution < -0.4 is 5.32 Å². The van der Waals surface area contributed by atoms with Crippen molar-refractivity contribution in [1.29, 1.82) is 0 Å². The van der Waals surface area contributed by atoms with Gasteiger partial charge in [0.1, 0.15) is 0 Å². The van der Waals surface area contributed by atoms with Gasteiger partial charge in [0.2, 0.25) is 0 Å². The van der Waals surface area contributed by atoms with E-state index in [2.05, 4.69) is 26.1 Å². The number of hydrogen-bond acceptors (Lipinski definition) is 3. The molecule has 1 saturated carbocycles. The van der Waals surface area contributed by atoms with Crippen molar-refractivity contribution in [2.45, 2.75) is 71.1 Å². The van der Waals surface area contributed by atoms with Gasteiger partial charge in [-0.05, 0) is 39.0 Å². The van der Waals surface area contributed by atoms with Crippen molar-refractivity contribution in [2.24, 2.45) is 5.41 Å². The predicted molar refractivity (Wildman–Crippen MR) is 73.8 cm³/mol. The highest BCUT2D eigenvalue weighted by Crippen LogP contribution is 2.45. The molecule has 0 bridgehead atoms. The second-order valence-corrected chi connectivity index (χ2v) is 5.99. The number of rotatable bonds is 6. The summed E-state index contributed by atoms with van der Waals surface area (Å²) in [5.41, 5.74) is 0.310. The number of nitrogens with one attached hydrogen (secondary N) is 1. The minimum atomic E-state index is 0.310. The highest BCUT2D eigenvalue weighted by Gasteiger charge is 2.50. The van der Waals surface area contributed by atoms with E-state index in [9.17, 15) is 0 Å². The van der Waals surface area contributed by atoms with E-state index in [-0.39, 0.29) is 0 Å². The van der Waals surface area contributed by atoms with Crippen LogP contribution in [0.5, 0.6) is 0 Å². The van der Waals surface area contributed by atoms with Gasteiger partial charge in [0.25, 0.3) is 0 Å². The number of ether oxygens (including phenoxy) is 2. The summed E-state index contributed by atoms with van der Waals surface area (Å²) >= 11 is 0. The summed E-state index contributed by atoms with van der Waals surface area (Å²) in [7, 11) is 0. The van der Waals surface area contributed by atoms with Crippen LogP contribution in [0.4, 0.5) is 0 Å². The maximum atomic E-state index is 5.84. The third-order valence-electron chi connectivity index (χ3n) is 4.98. The molecule has 0 aromatic heterocycles. The van der Waals surface area contributed by atoms with E-state index in [1.54, 1.807) is 0 Å². The summed E-state index contributed by atoms with van der Waals surface area (Å²) in [5, 5.41) is 3.71. The zero-order chi connectivity index (χ0) is 13.0. The minimum absolute atomic E-state index is 0.310. The van der Waals surface area contributed by atoms with Gasteiger partial charge in [-0.15, -0.1) is 0 Å². The predicted octanol–water partition coefficient (Wildman–Crippen LogP) is 2.74. The molecule has 1 saturated heterocycles. The van der Waals surface area contributed by atoms with Crippen molar-refractivity contribution in [2.75, 3.05) is 19.8 Å². The van der Waals surface area contributed by atoms with Crippen molar-refractivity contribution in [3.05, 3.63) is 0 Å². The number of hydrogen-bond donors (Lipinski definition) is 1. The molecule has 0 aromatic carbocycles. The summed E-state index contributed by atoms with van der Waals surface area (Å²) in [5.74, 6) is 0. The van der Waals surface area contributed by atoms with Crippen LogP contribution in [0.1, 0.15) is 52.9 Å². The molecule has 2 fully saturated rings. The topological polar surface area (TPSA) is 30.5 Å². The Kier molecular flexibility index (Phi) is 5.05. The first-order valence-electron chi connectivity index (χ1n) is 7.67. The molecule has 0 radical (unpaired) electrons. The molecule has 3 heteroatoms. The van der Waals surface area contributed by atoms with Gasteiger partial charge >= 0.3 is 0 Å². The van der Waals surface area contributed by atoms with Crippen LogP contribution >= 0.6 is 0 Å². The van der Waals surface area contributed by atoms with Gasteiger partial charge < -0.3 is 14.8 Å². The van der Waals surface area contributed by atoms with E-state index >= 15 is 0 Å².